The number of amides is 1. The van der Waals surface area contributed by atoms with Crippen LogP contribution in [0.4, 0.5) is 8.78 Å². The maximum Gasteiger partial charge on any atom is 0.306 e. The molecule has 7 nitrogen and oxygen atoms in total. The molecule has 10 heteroatoms. The van der Waals surface area contributed by atoms with Crippen LogP contribution in [-0.4, -0.2) is 36.4 Å². The second-order valence-corrected chi connectivity index (χ2v) is 11.6. The fraction of sp³-hybridized carbons (Fsp3) is 0.206. The van der Waals surface area contributed by atoms with Gasteiger partial charge >= 0.3 is 5.97 Å². The zero-order chi connectivity index (χ0) is 31.6. The molecule has 2 atom stereocenters. The van der Waals surface area contributed by atoms with Crippen molar-refractivity contribution in [1.82, 2.24) is 5.32 Å². The van der Waals surface area contributed by atoms with E-state index in [2.05, 4.69) is 27.9 Å². The highest BCUT2D eigenvalue weighted by molar-refractivity contribution is 14.1. The molecule has 228 valence electrons. The van der Waals surface area contributed by atoms with Crippen molar-refractivity contribution in [2.45, 2.75) is 38.0 Å². The van der Waals surface area contributed by atoms with Crippen LogP contribution in [0.25, 0.3) is 11.1 Å². The molecule has 0 fully saturated rings. The lowest BCUT2D eigenvalue weighted by Crippen LogP contribution is -2.46. The van der Waals surface area contributed by atoms with Crippen LogP contribution in [0.5, 0.6) is 0 Å². The number of benzene rings is 4. The standard InChI is InChI=1S/C34H32F2IN3O4/c35-25-14-22(15-26(36)18-25)17-30(38)32(20-40-19-21-4-3-5-27(37)16-21)44-33(42)13-12-31(41)24-10-8-23(9-11-24)28-6-1-2-7-29(28)34(39)43/h1-11,14-16,18,30,32,40H,12-13,17,19-20,38H2,(H2,39,43)/t30-,32+/m0/s1. The van der Waals surface area contributed by atoms with E-state index < -0.39 is 35.7 Å². The SMILES string of the molecule is NC(=O)c1ccccc1-c1ccc(C(=O)CCC(=O)O[C@H](CNCc2cccc(I)c2)[C@@H](N)Cc2cc(F)cc(F)c2)cc1. The Morgan fingerprint density at radius 2 is 1.55 bits per heavy atom. The summed E-state index contributed by atoms with van der Waals surface area (Å²) in [7, 11) is 0. The molecule has 0 bridgehead atoms. The van der Waals surface area contributed by atoms with Crippen molar-refractivity contribution in [3.05, 3.63) is 128 Å². The summed E-state index contributed by atoms with van der Waals surface area (Å²) >= 11 is 2.22. The zero-order valence-corrected chi connectivity index (χ0v) is 25.9. The van der Waals surface area contributed by atoms with E-state index in [9.17, 15) is 23.2 Å². The molecule has 0 aliphatic heterocycles. The van der Waals surface area contributed by atoms with Crippen LogP contribution >= 0.6 is 22.6 Å². The summed E-state index contributed by atoms with van der Waals surface area (Å²) in [6, 6.07) is 23.9. The van der Waals surface area contributed by atoms with E-state index >= 15 is 0 Å². The Labute approximate surface area is 268 Å². The molecule has 0 unspecified atom stereocenters. The van der Waals surface area contributed by atoms with E-state index in [4.69, 9.17) is 16.2 Å². The van der Waals surface area contributed by atoms with Gasteiger partial charge in [-0.2, -0.15) is 0 Å². The fourth-order valence-corrected chi connectivity index (χ4v) is 5.40. The highest BCUT2D eigenvalue weighted by atomic mass is 127. The number of primary amides is 1. The summed E-state index contributed by atoms with van der Waals surface area (Å²) in [4.78, 5) is 37.5. The summed E-state index contributed by atoms with van der Waals surface area (Å²) in [5.74, 6) is -2.87. The minimum Gasteiger partial charge on any atom is -0.459 e. The molecule has 0 saturated heterocycles. The van der Waals surface area contributed by atoms with Gasteiger partial charge in [0.05, 0.1) is 6.42 Å². The van der Waals surface area contributed by atoms with Gasteiger partial charge in [0, 0.05) is 46.3 Å². The van der Waals surface area contributed by atoms with Gasteiger partial charge in [0.1, 0.15) is 17.7 Å². The number of halogens is 3. The lowest BCUT2D eigenvalue weighted by atomic mass is 9.97. The van der Waals surface area contributed by atoms with Crippen molar-refractivity contribution in [2.75, 3.05) is 6.54 Å². The van der Waals surface area contributed by atoms with E-state index in [1.54, 1.807) is 48.5 Å². The van der Waals surface area contributed by atoms with Crippen molar-refractivity contribution < 1.29 is 27.9 Å². The minimum atomic E-state index is -0.823. The van der Waals surface area contributed by atoms with Crippen LogP contribution in [0.3, 0.4) is 0 Å². The molecule has 0 heterocycles. The average Bonchev–Trinajstić information content (AvgIpc) is 2.99. The molecule has 4 rings (SSSR count). The second kappa shape index (κ2) is 15.6. The third-order valence-corrected chi connectivity index (χ3v) is 7.66. The Morgan fingerprint density at radius 1 is 0.841 bits per heavy atom. The van der Waals surface area contributed by atoms with Crippen LogP contribution in [0, 0.1) is 15.2 Å². The second-order valence-electron chi connectivity index (χ2n) is 10.3. The van der Waals surface area contributed by atoms with Crippen LogP contribution < -0.4 is 16.8 Å². The summed E-state index contributed by atoms with van der Waals surface area (Å²) in [5.41, 5.74) is 15.4. The van der Waals surface area contributed by atoms with Gasteiger partial charge in [0.25, 0.3) is 0 Å². The van der Waals surface area contributed by atoms with Crippen LogP contribution in [0.1, 0.15) is 44.7 Å². The Kier molecular flexibility index (Phi) is 11.7. The molecule has 0 saturated carbocycles. The number of esters is 1. The molecular weight excluding hydrogens is 679 g/mol. The Bertz CT molecular complexity index is 1610. The molecule has 5 N–H and O–H groups in total. The van der Waals surface area contributed by atoms with E-state index in [0.717, 1.165) is 20.8 Å². The van der Waals surface area contributed by atoms with E-state index in [-0.39, 0.29) is 31.6 Å². The maximum absolute atomic E-state index is 13.8. The average molecular weight is 712 g/mol. The Hall–Kier alpha value is -4.00. The molecule has 4 aromatic rings. The minimum absolute atomic E-state index is 0.0711. The Balaban J connectivity index is 1.37. The number of rotatable bonds is 14. The summed E-state index contributed by atoms with van der Waals surface area (Å²) in [5, 5.41) is 3.24. The first-order valence-electron chi connectivity index (χ1n) is 14.0. The smallest absolute Gasteiger partial charge is 0.306 e. The van der Waals surface area contributed by atoms with Gasteiger partial charge in [-0.05, 0) is 81.6 Å². The first-order valence-corrected chi connectivity index (χ1v) is 15.0. The van der Waals surface area contributed by atoms with Crippen molar-refractivity contribution in [2.24, 2.45) is 11.5 Å². The van der Waals surface area contributed by atoms with Gasteiger partial charge in [0.15, 0.2) is 5.78 Å². The van der Waals surface area contributed by atoms with Gasteiger partial charge in [-0.1, -0.05) is 54.6 Å². The third kappa shape index (κ3) is 9.50. The van der Waals surface area contributed by atoms with E-state index in [0.29, 0.717) is 28.8 Å². The quantitative estimate of drug-likeness (QED) is 0.0894. The molecule has 0 aromatic heterocycles. The number of nitrogens with one attached hydrogen (secondary N) is 1. The predicted octanol–water partition coefficient (Wildman–Crippen LogP) is 5.57. The monoisotopic (exact) mass is 711 g/mol. The van der Waals surface area contributed by atoms with Crippen molar-refractivity contribution in [1.29, 1.82) is 0 Å². The van der Waals surface area contributed by atoms with Gasteiger partial charge < -0.3 is 21.5 Å². The van der Waals surface area contributed by atoms with Crippen molar-refractivity contribution in [3.63, 3.8) is 0 Å². The topological polar surface area (TPSA) is 125 Å². The lowest BCUT2D eigenvalue weighted by Gasteiger charge is -2.25. The normalized spacial score (nSPS) is 12.4. The summed E-state index contributed by atoms with van der Waals surface area (Å²) < 4.78 is 34.3. The van der Waals surface area contributed by atoms with Gasteiger partial charge in [-0.15, -0.1) is 0 Å². The zero-order valence-electron chi connectivity index (χ0n) is 23.8. The summed E-state index contributed by atoms with van der Waals surface area (Å²) in [6.45, 7) is 0.683. The molecule has 0 radical (unpaired) electrons. The molecule has 0 aliphatic carbocycles. The van der Waals surface area contributed by atoms with E-state index in [1.165, 1.54) is 12.1 Å². The van der Waals surface area contributed by atoms with Gasteiger partial charge in [0.2, 0.25) is 5.91 Å². The highest BCUT2D eigenvalue weighted by Crippen LogP contribution is 2.24. The fourth-order valence-electron chi connectivity index (χ4n) is 4.79. The number of carbonyl (C=O) groups is 3. The first-order chi connectivity index (χ1) is 21.1. The number of Topliss-reactive ketones (excluding diaryl/α,β-unsaturated/α-hetero) is 1. The summed E-state index contributed by atoms with van der Waals surface area (Å²) in [6.07, 6.45) is -1.03. The highest BCUT2D eigenvalue weighted by Gasteiger charge is 2.24. The number of ketones is 1. The molecule has 4 aromatic carbocycles. The van der Waals surface area contributed by atoms with Gasteiger partial charge in [-0.25, -0.2) is 8.78 Å². The lowest BCUT2D eigenvalue weighted by molar-refractivity contribution is -0.149. The Morgan fingerprint density at radius 3 is 2.23 bits per heavy atom. The third-order valence-electron chi connectivity index (χ3n) is 6.98. The number of nitrogens with two attached hydrogens (primary N) is 2. The van der Waals surface area contributed by atoms with E-state index in [1.807, 2.05) is 24.3 Å². The van der Waals surface area contributed by atoms with Crippen molar-refractivity contribution in [3.8, 4) is 11.1 Å². The number of ether oxygens (including phenoxy) is 1. The number of hydrogen-bond donors (Lipinski definition) is 3. The number of hydrogen-bond acceptors (Lipinski definition) is 6. The molecule has 44 heavy (non-hydrogen) atoms. The van der Waals surface area contributed by atoms with Crippen LogP contribution in [0.2, 0.25) is 0 Å². The van der Waals surface area contributed by atoms with Gasteiger partial charge in [-0.3, -0.25) is 14.4 Å². The maximum atomic E-state index is 13.8. The van der Waals surface area contributed by atoms with Crippen molar-refractivity contribution >= 4 is 40.3 Å². The van der Waals surface area contributed by atoms with Crippen LogP contribution in [-0.2, 0) is 22.5 Å². The predicted molar refractivity (Wildman–Crippen MR) is 173 cm³/mol. The number of carbonyl (C=O) groups excluding carboxylic acids is 3. The molecular formula is C34H32F2IN3O4. The van der Waals surface area contributed by atoms with Crippen LogP contribution in [0.15, 0.2) is 91.0 Å². The molecule has 0 spiro atoms. The largest absolute Gasteiger partial charge is 0.459 e. The molecule has 0 aliphatic rings. The molecule has 1 amide bonds. The first kappa shape index (κ1) is 32.9.